The molecular formula is C15H19N3O3. The SMILES string of the molecule is COc1cccc(CN(C)c2nc(OC)cc(OC)n2)c1. The Morgan fingerprint density at radius 1 is 0.952 bits per heavy atom. The van der Waals surface area contributed by atoms with E-state index in [1.54, 1.807) is 27.4 Å². The quantitative estimate of drug-likeness (QED) is 0.812. The second kappa shape index (κ2) is 6.78. The molecule has 0 aliphatic heterocycles. The predicted molar refractivity (Wildman–Crippen MR) is 80.2 cm³/mol. The van der Waals surface area contributed by atoms with Gasteiger partial charge in [0.1, 0.15) is 5.75 Å². The molecule has 1 aromatic carbocycles. The van der Waals surface area contributed by atoms with E-state index < -0.39 is 0 Å². The lowest BCUT2D eigenvalue weighted by Gasteiger charge is -2.18. The monoisotopic (exact) mass is 289 g/mol. The van der Waals surface area contributed by atoms with Gasteiger partial charge in [-0.25, -0.2) is 0 Å². The fraction of sp³-hybridized carbons (Fsp3) is 0.333. The number of rotatable bonds is 6. The number of nitrogens with zero attached hydrogens (tertiary/aromatic N) is 3. The second-order valence-corrected chi connectivity index (χ2v) is 4.46. The molecule has 0 N–H and O–H groups in total. The minimum Gasteiger partial charge on any atom is -0.497 e. The fourth-order valence-electron chi connectivity index (χ4n) is 1.89. The van der Waals surface area contributed by atoms with Crippen LogP contribution in [0, 0.1) is 0 Å². The average Bonchev–Trinajstić information content (AvgIpc) is 2.54. The summed E-state index contributed by atoms with van der Waals surface area (Å²) < 4.78 is 15.5. The maximum Gasteiger partial charge on any atom is 0.232 e. The molecular weight excluding hydrogens is 270 g/mol. The highest BCUT2D eigenvalue weighted by atomic mass is 16.5. The number of ether oxygens (including phenoxy) is 3. The van der Waals surface area contributed by atoms with Gasteiger partial charge >= 0.3 is 0 Å². The van der Waals surface area contributed by atoms with Crippen molar-refractivity contribution in [3.63, 3.8) is 0 Å². The number of hydrogen-bond donors (Lipinski definition) is 0. The highest BCUT2D eigenvalue weighted by molar-refractivity contribution is 5.38. The normalized spacial score (nSPS) is 10.1. The maximum atomic E-state index is 5.23. The third kappa shape index (κ3) is 3.75. The maximum absolute atomic E-state index is 5.23. The molecule has 0 aliphatic rings. The molecule has 1 aromatic heterocycles. The summed E-state index contributed by atoms with van der Waals surface area (Å²) in [6.07, 6.45) is 0. The van der Waals surface area contributed by atoms with E-state index >= 15 is 0 Å². The Morgan fingerprint density at radius 2 is 1.62 bits per heavy atom. The van der Waals surface area contributed by atoms with Gasteiger partial charge in [0.05, 0.1) is 27.4 Å². The number of benzene rings is 1. The molecule has 0 saturated heterocycles. The lowest BCUT2D eigenvalue weighted by molar-refractivity contribution is 0.371. The Balaban J connectivity index is 2.20. The Morgan fingerprint density at radius 3 is 2.19 bits per heavy atom. The smallest absolute Gasteiger partial charge is 0.232 e. The van der Waals surface area contributed by atoms with Gasteiger partial charge in [0.25, 0.3) is 0 Å². The molecule has 0 radical (unpaired) electrons. The van der Waals surface area contributed by atoms with Gasteiger partial charge < -0.3 is 19.1 Å². The minimum atomic E-state index is 0.467. The first-order chi connectivity index (χ1) is 10.2. The van der Waals surface area contributed by atoms with Crippen molar-refractivity contribution in [2.75, 3.05) is 33.3 Å². The molecule has 6 nitrogen and oxygen atoms in total. The van der Waals surface area contributed by atoms with Crippen molar-refractivity contribution in [2.24, 2.45) is 0 Å². The Hall–Kier alpha value is -2.50. The fourth-order valence-corrected chi connectivity index (χ4v) is 1.89. The molecule has 0 spiro atoms. The zero-order valence-electron chi connectivity index (χ0n) is 12.7. The van der Waals surface area contributed by atoms with Gasteiger partial charge in [-0.2, -0.15) is 9.97 Å². The van der Waals surface area contributed by atoms with Crippen LogP contribution in [0.2, 0.25) is 0 Å². The summed E-state index contributed by atoms with van der Waals surface area (Å²) in [5.41, 5.74) is 1.10. The van der Waals surface area contributed by atoms with Gasteiger partial charge in [0, 0.05) is 13.6 Å². The molecule has 0 amide bonds. The molecule has 0 unspecified atom stereocenters. The molecule has 0 saturated carbocycles. The Labute approximate surface area is 124 Å². The Kier molecular flexibility index (Phi) is 4.81. The highest BCUT2D eigenvalue weighted by Gasteiger charge is 2.10. The molecule has 0 bridgehead atoms. The lowest BCUT2D eigenvalue weighted by atomic mass is 10.2. The molecule has 0 fully saturated rings. The van der Waals surface area contributed by atoms with Crippen LogP contribution in [-0.4, -0.2) is 38.3 Å². The first-order valence-corrected chi connectivity index (χ1v) is 6.47. The van der Waals surface area contributed by atoms with E-state index in [9.17, 15) is 0 Å². The third-order valence-electron chi connectivity index (χ3n) is 2.98. The van der Waals surface area contributed by atoms with Crippen molar-refractivity contribution in [3.8, 4) is 17.5 Å². The Bertz CT molecular complexity index is 582. The second-order valence-electron chi connectivity index (χ2n) is 4.46. The third-order valence-corrected chi connectivity index (χ3v) is 2.98. The van der Waals surface area contributed by atoms with Crippen LogP contribution in [0.5, 0.6) is 17.5 Å². The van der Waals surface area contributed by atoms with Crippen LogP contribution >= 0.6 is 0 Å². The number of aromatic nitrogens is 2. The summed E-state index contributed by atoms with van der Waals surface area (Å²) in [5, 5.41) is 0. The molecule has 0 atom stereocenters. The summed E-state index contributed by atoms with van der Waals surface area (Å²) in [5.74, 6) is 2.29. The summed E-state index contributed by atoms with van der Waals surface area (Å²) >= 11 is 0. The summed E-state index contributed by atoms with van der Waals surface area (Å²) in [7, 11) is 6.69. The summed E-state index contributed by atoms with van der Waals surface area (Å²) in [4.78, 5) is 10.6. The van der Waals surface area contributed by atoms with E-state index in [-0.39, 0.29) is 0 Å². The van der Waals surface area contributed by atoms with E-state index in [2.05, 4.69) is 9.97 Å². The molecule has 112 valence electrons. The number of methoxy groups -OCH3 is 3. The summed E-state index contributed by atoms with van der Waals surface area (Å²) in [6, 6.07) is 9.51. The van der Waals surface area contributed by atoms with Crippen LogP contribution in [0.4, 0.5) is 5.95 Å². The molecule has 21 heavy (non-hydrogen) atoms. The van der Waals surface area contributed by atoms with Crippen LogP contribution in [0.1, 0.15) is 5.56 Å². The topological polar surface area (TPSA) is 56.7 Å². The average molecular weight is 289 g/mol. The van der Waals surface area contributed by atoms with Crippen molar-refractivity contribution in [3.05, 3.63) is 35.9 Å². The minimum absolute atomic E-state index is 0.467. The molecule has 0 aliphatic carbocycles. The summed E-state index contributed by atoms with van der Waals surface area (Å²) in [6.45, 7) is 0.646. The molecule has 2 rings (SSSR count). The highest BCUT2D eigenvalue weighted by Crippen LogP contribution is 2.21. The molecule has 2 aromatic rings. The number of hydrogen-bond acceptors (Lipinski definition) is 6. The van der Waals surface area contributed by atoms with Crippen molar-refractivity contribution >= 4 is 5.95 Å². The largest absolute Gasteiger partial charge is 0.497 e. The van der Waals surface area contributed by atoms with Crippen LogP contribution in [0.15, 0.2) is 30.3 Å². The van der Waals surface area contributed by atoms with Crippen LogP contribution in [-0.2, 0) is 6.54 Å². The van der Waals surface area contributed by atoms with Crippen LogP contribution in [0.3, 0.4) is 0 Å². The van der Waals surface area contributed by atoms with Gasteiger partial charge in [-0.05, 0) is 17.7 Å². The van der Waals surface area contributed by atoms with Crippen LogP contribution in [0.25, 0.3) is 0 Å². The standard InChI is InChI=1S/C15H19N3O3/c1-18(10-11-6-5-7-12(8-11)19-2)15-16-13(20-3)9-14(17-15)21-4/h5-9H,10H2,1-4H3. The van der Waals surface area contributed by atoms with Crippen molar-refractivity contribution in [2.45, 2.75) is 6.54 Å². The zero-order valence-corrected chi connectivity index (χ0v) is 12.7. The van der Waals surface area contributed by atoms with E-state index in [1.165, 1.54) is 0 Å². The van der Waals surface area contributed by atoms with Gasteiger partial charge in [-0.15, -0.1) is 0 Å². The first kappa shape index (κ1) is 14.9. The van der Waals surface area contributed by atoms with Crippen molar-refractivity contribution in [1.29, 1.82) is 0 Å². The zero-order chi connectivity index (χ0) is 15.2. The van der Waals surface area contributed by atoms with Crippen LogP contribution < -0.4 is 19.1 Å². The van der Waals surface area contributed by atoms with Gasteiger partial charge in [0.2, 0.25) is 17.7 Å². The van der Waals surface area contributed by atoms with E-state index in [1.807, 2.05) is 36.2 Å². The van der Waals surface area contributed by atoms with Crippen molar-refractivity contribution in [1.82, 2.24) is 9.97 Å². The van der Waals surface area contributed by atoms with E-state index in [4.69, 9.17) is 14.2 Å². The van der Waals surface area contributed by atoms with E-state index in [0.29, 0.717) is 24.3 Å². The first-order valence-electron chi connectivity index (χ1n) is 6.47. The lowest BCUT2D eigenvalue weighted by Crippen LogP contribution is -2.19. The van der Waals surface area contributed by atoms with Gasteiger partial charge in [-0.1, -0.05) is 12.1 Å². The van der Waals surface area contributed by atoms with E-state index in [0.717, 1.165) is 11.3 Å². The number of anilines is 1. The predicted octanol–water partition coefficient (Wildman–Crippen LogP) is 2.14. The molecule has 6 heteroatoms. The molecule has 1 heterocycles. The van der Waals surface area contributed by atoms with Gasteiger partial charge in [-0.3, -0.25) is 0 Å². The van der Waals surface area contributed by atoms with Gasteiger partial charge in [0.15, 0.2) is 0 Å². The van der Waals surface area contributed by atoms with Crippen molar-refractivity contribution < 1.29 is 14.2 Å².